The van der Waals surface area contributed by atoms with Gasteiger partial charge in [0.05, 0.1) is 28.9 Å². The summed E-state index contributed by atoms with van der Waals surface area (Å²) in [4.78, 5) is 23.6. The van der Waals surface area contributed by atoms with Gasteiger partial charge in [-0.2, -0.15) is 0 Å². The maximum Gasteiger partial charge on any atom is 0.335 e. The fourth-order valence-corrected chi connectivity index (χ4v) is 2.45. The van der Waals surface area contributed by atoms with E-state index < -0.39 is 5.97 Å². The molecule has 3 aromatic rings. The summed E-state index contributed by atoms with van der Waals surface area (Å²) in [7, 11) is 1.59. The summed E-state index contributed by atoms with van der Waals surface area (Å²) in [6, 6.07) is 13.3. The van der Waals surface area contributed by atoms with Gasteiger partial charge in [0.25, 0.3) is 5.56 Å². The highest BCUT2D eigenvalue weighted by Gasteiger charge is 2.07. The van der Waals surface area contributed by atoms with E-state index in [0.717, 1.165) is 11.3 Å². The number of hydrogen-bond acceptors (Lipinski definition) is 3. The molecule has 6 heteroatoms. The van der Waals surface area contributed by atoms with Gasteiger partial charge in [-0.25, -0.2) is 9.48 Å². The summed E-state index contributed by atoms with van der Waals surface area (Å²) in [5, 5.41) is 12.8. The van der Waals surface area contributed by atoms with Gasteiger partial charge in [0.2, 0.25) is 0 Å². The molecule has 0 aliphatic rings. The van der Waals surface area contributed by atoms with E-state index >= 15 is 0 Å². The third-order valence-electron chi connectivity index (χ3n) is 3.80. The SMILES string of the molecule is C=c1[nH]n(-c2ccc(C(=O)O)cc2)c(=O)/c1=C\c1ccc(OC)cc1. The molecule has 3 rings (SSSR count). The van der Waals surface area contributed by atoms with Crippen molar-refractivity contribution in [2.45, 2.75) is 0 Å². The third kappa shape index (κ3) is 3.23. The zero-order valence-electron chi connectivity index (χ0n) is 13.5. The predicted octanol–water partition coefficient (Wildman–Crippen LogP) is 1.11. The quantitative estimate of drug-likeness (QED) is 0.747. The maximum atomic E-state index is 12.7. The van der Waals surface area contributed by atoms with Gasteiger partial charge in [-0.3, -0.25) is 9.89 Å². The highest BCUT2D eigenvalue weighted by Crippen LogP contribution is 2.11. The van der Waals surface area contributed by atoms with Crippen molar-refractivity contribution in [2.75, 3.05) is 7.11 Å². The topological polar surface area (TPSA) is 84.3 Å². The molecule has 1 aromatic heterocycles. The van der Waals surface area contributed by atoms with Gasteiger partial charge in [-0.15, -0.1) is 0 Å². The second-order valence-electron chi connectivity index (χ2n) is 5.41. The molecule has 0 saturated carbocycles. The Morgan fingerprint density at radius 1 is 1.16 bits per heavy atom. The summed E-state index contributed by atoms with van der Waals surface area (Å²) >= 11 is 0. The average molecular weight is 336 g/mol. The van der Waals surface area contributed by atoms with Gasteiger partial charge in [0, 0.05) is 0 Å². The number of H-pyrrole nitrogens is 1. The highest BCUT2D eigenvalue weighted by molar-refractivity contribution is 5.87. The molecule has 0 saturated heterocycles. The predicted molar refractivity (Wildman–Crippen MR) is 94.7 cm³/mol. The van der Waals surface area contributed by atoms with Gasteiger partial charge in [0.15, 0.2) is 0 Å². The first kappa shape index (κ1) is 16.3. The highest BCUT2D eigenvalue weighted by atomic mass is 16.5. The van der Waals surface area contributed by atoms with Crippen LogP contribution < -0.4 is 20.9 Å². The van der Waals surface area contributed by atoms with Crippen molar-refractivity contribution in [1.29, 1.82) is 0 Å². The Morgan fingerprint density at radius 3 is 2.36 bits per heavy atom. The van der Waals surface area contributed by atoms with Gasteiger partial charge in [-0.05, 0) is 48.0 Å². The van der Waals surface area contributed by atoms with E-state index in [1.807, 2.05) is 24.3 Å². The van der Waals surface area contributed by atoms with E-state index in [2.05, 4.69) is 11.7 Å². The molecule has 2 aromatic carbocycles. The van der Waals surface area contributed by atoms with Crippen molar-refractivity contribution in [1.82, 2.24) is 9.78 Å². The van der Waals surface area contributed by atoms with E-state index in [4.69, 9.17) is 9.84 Å². The Hall–Kier alpha value is -3.54. The largest absolute Gasteiger partial charge is 0.497 e. The Balaban J connectivity index is 2.06. The monoisotopic (exact) mass is 336 g/mol. The molecule has 0 spiro atoms. The molecule has 126 valence electrons. The zero-order chi connectivity index (χ0) is 18.0. The number of carboxylic acids is 1. The summed E-state index contributed by atoms with van der Waals surface area (Å²) in [6.07, 6.45) is 1.74. The number of rotatable bonds is 4. The van der Waals surface area contributed by atoms with Gasteiger partial charge in [0.1, 0.15) is 5.75 Å². The molecule has 0 radical (unpaired) electrons. The Bertz CT molecular complexity index is 1070. The number of nitrogens with one attached hydrogen (secondary N) is 1. The minimum absolute atomic E-state index is 0.156. The second-order valence-corrected chi connectivity index (χ2v) is 5.41. The molecule has 1 heterocycles. The Labute approximate surface area is 142 Å². The van der Waals surface area contributed by atoms with E-state index in [-0.39, 0.29) is 11.1 Å². The first-order valence-corrected chi connectivity index (χ1v) is 7.49. The molecule has 2 N–H and O–H groups in total. The van der Waals surface area contributed by atoms with Gasteiger partial charge < -0.3 is 9.84 Å². The van der Waals surface area contributed by atoms with E-state index in [1.165, 1.54) is 16.8 Å². The molecule has 6 nitrogen and oxygen atoms in total. The number of methoxy groups -OCH3 is 1. The Morgan fingerprint density at radius 2 is 1.80 bits per heavy atom. The lowest BCUT2D eigenvalue weighted by molar-refractivity contribution is 0.0697. The normalized spacial score (nSPS) is 11.5. The lowest BCUT2D eigenvalue weighted by atomic mass is 10.2. The second kappa shape index (κ2) is 6.52. The number of benzene rings is 2. The third-order valence-corrected chi connectivity index (χ3v) is 3.80. The van der Waals surface area contributed by atoms with Crippen LogP contribution in [-0.2, 0) is 0 Å². The fraction of sp³-hybridized carbons (Fsp3) is 0.0526. The van der Waals surface area contributed by atoms with Crippen molar-refractivity contribution in [3.8, 4) is 11.4 Å². The number of aromatic amines is 1. The van der Waals surface area contributed by atoms with Gasteiger partial charge >= 0.3 is 5.97 Å². The summed E-state index contributed by atoms with van der Waals surface area (Å²) < 4.78 is 6.45. The van der Waals surface area contributed by atoms with Crippen LogP contribution in [0.15, 0.2) is 53.3 Å². The minimum atomic E-state index is -1.02. The summed E-state index contributed by atoms with van der Waals surface area (Å²) in [5.74, 6) is -0.284. The number of hydrogen-bond donors (Lipinski definition) is 2. The minimum Gasteiger partial charge on any atom is -0.497 e. The van der Waals surface area contributed by atoms with E-state index in [0.29, 0.717) is 16.3 Å². The van der Waals surface area contributed by atoms with E-state index in [9.17, 15) is 9.59 Å². The lowest BCUT2D eigenvalue weighted by Crippen LogP contribution is -2.33. The molecule has 0 aliphatic carbocycles. The summed E-state index contributed by atoms with van der Waals surface area (Å²) in [5.41, 5.74) is 1.27. The molecule has 0 amide bonds. The number of nitrogens with zero attached hydrogens (tertiary/aromatic N) is 1. The van der Waals surface area contributed by atoms with Crippen molar-refractivity contribution < 1.29 is 14.6 Å². The van der Waals surface area contributed by atoms with Crippen molar-refractivity contribution in [2.24, 2.45) is 0 Å². The van der Waals surface area contributed by atoms with E-state index in [1.54, 1.807) is 25.3 Å². The van der Waals surface area contributed by atoms with Crippen molar-refractivity contribution in [3.63, 3.8) is 0 Å². The van der Waals surface area contributed by atoms with Crippen LogP contribution in [-0.4, -0.2) is 28.0 Å². The zero-order valence-corrected chi connectivity index (χ0v) is 13.5. The first-order chi connectivity index (χ1) is 12.0. The van der Waals surface area contributed by atoms with Crippen LogP contribution in [0.3, 0.4) is 0 Å². The lowest BCUT2D eigenvalue weighted by Gasteiger charge is -2.01. The number of carbonyl (C=O) groups is 1. The van der Waals surface area contributed by atoms with Crippen LogP contribution in [0, 0.1) is 0 Å². The molecule has 25 heavy (non-hydrogen) atoms. The van der Waals surface area contributed by atoms with Crippen molar-refractivity contribution >= 4 is 18.6 Å². The number of aromatic carboxylic acids is 1. The molecule has 0 atom stereocenters. The summed E-state index contributed by atoms with van der Waals surface area (Å²) in [6.45, 7) is 3.88. The van der Waals surface area contributed by atoms with Crippen LogP contribution in [0.1, 0.15) is 15.9 Å². The molecule has 0 bridgehead atoms. The molecular weight excluding hydrogens is 320 g/mol. The molecule has 0 fully saturated rings. The molecule has 0 unspecified atom stereocenters. The molecular formula is C19H16N2O4. The number of carboxylic acid groups (broad SMARTS) is 1. The standard InChI is InChI=1S/C19H16N2O4/c1-12-17(11-13-3-9-16(25-2)10-4-13)18(22)21(20-12)15-7-5-14(6-8-15)19(23)24/h3-11,20H,1H2,2H3,(H,23,24)/b17-11-. The fourth-order valence-electron chi connectivity index (χ4n) is 2.45. The van der Waals surface area contributed by atoms with Crippen LogP contribution in [0.5, 0.6) is 5.75 Å². The van der Waals surface area contributed by atoms with Crippen LogP contribution >= 0.6 is 0 Å². The van der Waals surface area contributed by atoms with Gasteiger partial charge in [-0.1, -0.05) is 18.7 Å². The molecule has 0 aliphatic heterocycles. The van der Waals surface area contributed by atoms with Crippen LogP contribution in [0.25, 0.3) is 18.3 Å². The number of ether oxygens (including phenoxy) is 1. The number of aromatic nitrogens is 2. The van der Waals surface area contributed by atoms with Crippen molar-refractivity contribution in [3.05, 3.63) is 80.6 Å². The van der Waals surface area contributed by atoms with Crippen LogP contribution in [0.2, 0.25) is 0 Å². The maximum absolute atomic E-state index is 12.7. The average Bonchev–Trinajstić information content (AvgIpc) is 2.90. The van der Waals surface area contributed by atoms with Crippen LogP contribution in [0.4, 0.5) is 0 Å². The smallest absolute Gasteiger partial charge is 0.335 e. The first-order valence-electron chi connectivity index (χ1n) is 7.49. The Kier molecular flexibility index (Phi) is 4.26.